The summed E-state index contributed by atoms with van der Waals surface area (Å²) in [7, 11) is 0. The molecular formula is C55H95NO8. The fourth-order valence-corrected chi connectivity index (χ4v) is 7.67. The molecule has 0 bridgehead atoms. The number of ether oxygens (including phenoxy) is 2. The lowest BCUT2D eigenvalue weighted by molar-refractivity contribution is -0.302. The number of nitrogens with one attached hydrogen (secondary N) is 1. The van der Waals surface area contributed by atoms with E-state index in [-0.39, 0.29) is 12.5 Å². The fraction of sp³-hybridized carbons (Fsp3) is 0.727. The Balaban J connectivity index is 2.23. The Labute approximate surface area is 391 Å². The van der Waals surface area contributed by atoms with Crippen molar-refractivity contribution in [1.29, 1.82) is 0 Å². The van der Waals surface area contributed by atoms with E-state index in [1.165, 1.54) is 77.0 Å². The van der Waals surface area contributed by atoms with E-state index in [0.717, 1.165) is 96.3 Å². The second kappa shape index (κ2) is 44.2. The highest BCUT2D eigenvalue weighted by Gasteiger charge is 2.44. The molecule has 1 heterocycles. The zero-order chi connectivity index (χ0) is 46.6. The van der Waals surface area contributed by atoms with Gasteiger partial charge in [0.2, 0.25) is 5.91 Å². The molecule has 1 aliphatic rings. The first-order valence-electron chi connectivity index (χ1n) is 25.8. The molecule has 7 unspecified atom stereocenters. The average molecular weight is 898 g/mol. The zero-order valence-corrected chi connectivity index (χ0v) is 40.5. The van der Waals surface area contributed by atoms with E-state index < -0.39 is 49.5 Å². The lowest BCUT2D eigenvalue weighted by Crippen LogP contribution is -2.60. The lowest BCUT2D eigenvalue weighted by atomic mass is 9.99. The predicted octanol–water partition coefficient (Wildman–Crippen LogP) is 11.9. The summed E-state index contributed by atoms with van der Waals surface area (Å²) in [6.45, 7) is 3.69. The molecule has 368 valence electrons. The van der Waals surface area contributed by atoms with E-state index in [0.29, 0.717) is 12.8 Å². The summed E-state index contributed by atoms with van der Waals surface area (Å²) in [6.07, 6.45) is 54.5. The molecule has 1 aliphatic heterocycles. The summed E-state index contributed by atoms with van der Waals surface area (Å²) in [5, 5.41) is 54.4. The Morgan fingerprint density at radius 2 is 0.969 bits per heavy atom. The molecule has 1 saturated heterocycles. The van der Waals surface area contributed by atoms with E-state index >= 15 is 0 Å². The SMILES string of the molecule is CC/C=C\C/C=C\C/C=C\C/C=C\C/C=C\C/C=C\C/C=C\CCCCCCCCCC(=O)NC(COC1OC(CO)C(O)C(O)C1O)C(O)CCCCCCCCCCCCCC. The maximum Gasteiger partial charge on any atom is 0.220 e. The van der Waals surface area contributed by atoms with Gasteiger partial charge in [-0.2, -0.15) is 0 Å². The first-order valence-corrected chi connectivity index (χ1v) is 25.8. The number of allylic oxidation sites excluding steroid dienone is 14. The smallest absolute Gasteiger partial charge is 0.220 e. The number of hydrogen-bond donors (Lipinski definition) is 6. The van der Waals surface area contributed by atoms with Gasteiger partial charge in [-0.1, -0.05) is 208 Å². The zero-order valence-electron chi connectivity index (χ0n) is 40.5. The maximum absolute atomic E-state index is 13.0. The van der Waals surface area contributed by atoms with E-state index in [4.69, 9.17) is 9.47 Å². The number of carbonyl (C=O) groups is 1. The molecule has 9 nitrogen and oxygen atoms in total. The van der Waals surface area contributed by atoms with Gasteiger partial charge in [0.1, 0.15) is 24.4 Å². The van der Waals surface area contributed by atoms with Gasteiger partial charge in [0.05, 0.1) is 25.4 Å². The van der Waals surface area contributed by atoms with Crippen molar-refractivity contribution < 1.29 is 39.8 Å². The van der Waals surface area contributed by atoms with Crippen molar-refractivity contribution in [1.82, 2.24) is 5.32 Å². The molecular weight excluding hydrogens is 803 g/mol. The second-order valence-corrected chi connectivity index (χ2v) is 17.6. The van der Waals surface area contributed by atoms with E-state index in [2.05, 4.69) is 104 Å². The molecule has 0 aromatic rings. The topological polar surface area (TPSA) is 149 Å². The van der Waals surface area contributed by atoms with Crippen molar-refractivity contribution in [3.05, 3.63) is 85.1 Å². The number of amides is 1. The summed E-state index contributed by atoms with van der Waals surface area (Å²) in [4.78, 5) is 13.0. The van der Waals surface area contributed by atoms with Crippen molar-refractivity contribution in [3.63, 3.8) is 0 Å². The molecule has 1 amide bonds. The molecule has 0 aromatic heterocycles. The van der Waals surface area contributed by atoms with E-state index in [1.54, 1.807) is 0 Å². The molecule has 0 spiro atoms. The third kappa shape index (κ3) is 33.8. The molecule has 0 saturated carbocycles. The van der Waals surface area contributed by atoms with Crippen LogP contribution in [0, 0.1) is 0 Å². The molecule has 1 rings (SSSR count). The summed E-state index contributed by atoms with van der Waals surface area (Å²) in [5.41, 5.74) is 0. The average Bonchev–Trinajstić information content (AvgIpc) is 3.29. The van der Waals surface area contributed by atoms with Crippen LogP contribution in [0.1, 0.15) is 200 Å². The van der Waals surface area contributed by atoms with Gasteiger partial charge < -0.3 is 40.3 Å². The number of aliphatic hydroxyl groups is 5. The van der Waals surface area contributed by atoms with Crippen molar-refractivity contribution >= 4 is 5.91 Å². The van der Waals surface area contributed by atoms with Crippen molar-refractivity contribution in [2.75, 3.05) is 13.2 Å². The van der Waals surface area contributed by atoms with Crippen LogP contribution < -0.4 is 5.32 Å². The molecule has 0 radical (unpaired) electrons. The van der Waals surface area contributed by atoms with Crippen LogP contribution in [0.2, 0.25) is 0 Å². The summed E-state index contributed by atoms with van der Waals surface area (Å²) in [5.74, 6) is -0.160. The lowest BCUT2D eigenvalue weighted by Gasteiger charge is -2.40. The first-order chi connectivity index (χ1) is 31.3. The van der Waals surface area contributed by atoms with Gasteiger partial charge in [0.15, 0.2) is 6.29 Å². The Bertz CT molecular complexity index is 1270. The van der Waals surface area contributed by atoms with Gasteiger partial charge in [0, 0.05) is 6.42 Å². The maximum atomic E-state index is 13.0. The molecule has 0 aromatic carbocycles. The quantitative estimate of drug-likeness (QED) is 0.0262. The Kier molecular flexibility index (Phi) is 41.0. The normalized spacial score (nSPS) is 20.8. The highest BCUT2D eigenvalue weighted by atomic mass is 16.7. The van der Waals surface area contributed by atoms with Gasteiger partial charge in [0.25, 0.3) is 0 Å². The molecule has 64 heavy (non-hydrogen) atoms. The summed E-state index contributed by atoms with van der Waals surface area (Å²) >= 11 is 0. The standard InChI is InChI=1S/C55H95NO8/c1-3-5-7-9-11-13-15-17-18-19-20-21-22-23-24-25-26-27-28-29-30-31-32-33-35-37-39-41-43-45-51(59)56-48(47-63-55-54(62)53(61)52(60)50(46-57)64-55)49(58)44-42-40-38-36-34-16-14-12-10-8-6-4-2/h5,7,11,13,17-18,20-21,23-24,26-27,29-30,48-50,52-55,57-58,60-62H,3-4,6,8-10,12,14-16,19,22,25,28,31-47H2,1-2H3,(H,56,59)/b7-5-,13-11-,18-17-,21-20-,24-23-,27-26-,30-29-. The fourth-order valence-electron chi connectivity index (χ4n) is 7.67. The Morgan fingerprint density at radius 1 is 0.547 bits per heavy atom. The minimum atomic E-state index is -1.56. The van der Waals surface area contributed by atoms with E-state index in [9.17, 15) is 30.3 Å². The summed E-state index contributed by atoms with van der Waals surface area (Å²) < 4.78 is 11.3. The number of aliphatic hydroxyl groups excluding tert-OH is 5. The molecule has 6 N–H and O–H groups in total. The van der Waals surface area contributed by atoms with Crippen LogP contribution in [0.25, 0.3) is 0 Å². The minimum absolute atomic E-state index is 0.147. The van der Waals surface area contributed by atoms with Crippen LogP contribution in [0.5, 0.6) is 0 Å². The van der Waals surface area contributed by atoms with Crippen LogP contribution in [0.3, 0.4) is 0 Å². The van der Waals surface area contributed by atoms with E-state index in [1.807, 2.05) is 0 Å². The second-order valence-electron chi connectivity index (χ2n) is 17.6. The van der Waals surface area contributed by atoms with Gasteiger partial charge in [-0.15, -0.1) is 0 Å². The van der Waals surface area contributed by atoms with Gasteiger partial charge in [-0.3, -0.25) is 4.79 Å². The Morgan fingerprint density at radius 3 is 1.44 bits per heavy atom. The van der Waals surface area contributed by atoms with Crippen LogP contribution in [-0.4, -0.2) is 87.5 Å². The largest absolute Gasteiger partial charge is 0.394 e. The highest BCUT2D eigenvalue weighted by molar-refractivity contribution is 5.76. The number of rotatable bonds is 42. The Hall–Kier alpha value is -2.63. The van der Waals surface area contributed by atoms with Crippen molar-refractivity contribution in [2.24, 2.45) is 0 Å². The van der Waals surface area contributed by atoms with Crippen molar-refractivity contribution in [3.8, 4) is 0 Å². The van der Waals surface area contributed by atoms with Crippen molar-refractivity contribution in [2.45, 2.75) is 243 Å². The number of hydrogen-bond acceptors (Lipinski definition) is 8. The van der Waals surface area contributed by atoms with Crippen LogP contribution in [0.15, 0.2) is 85.1 Å². The minimum Gasteiger partial charge on any atom is -0.394 e. The highest BCUT2D eigenvalue weighted by Crippen LogP contribution is 2.23. The van der Waals surface area contributed by atoms with Crippen LogP contribution >= 0.6 is 0 Å². The molecule has 9 heteroatoms. The molecule has 1 fully saturated rings. The first kappa shape index (κ1) is 59.4. The molecule has 0 aliphatic carbocycles. The van der Waals surface area contributed by atoms with Crippen LogP contribution in [-0.2, 0) is 14.3 Å². The third-order valence-corrected chi connectivity index (χ3v) is 11.8. The predicted molar refractivity (Wildman–Crippen MR) is 267 cm³/mol. The van der Waals surface area contributed by atoms with Gasteiger partial charge in [-0.05, 0) is 70.6 Å². The number of carbonyl (C=O) groups excluding carboxylic acids is 1. The van der Waals surface area contributed by atoms with Gasteiger partial charge >= 0.3 is 0 Å². The van der Waals surface area contributed by atoms with Crippen LogP contribution in [0.4, 0.5) is 0 Å². The summed E-state index contributed by atoms with van der Waals surface area (Å²) in [6, 6.07) is -0.729. The third-order valence-electron chi connectivity index (χ3n) is 11.8. The monoisotopic (exact) mass is 898 g/mol. The number of unbranched alkanes of at least 4 members (excludes halogenated alkanes) is 18. The molecule has 7 atom stereocenters. The van der Waals surface area contributed by atoms with Gasteiger partial charge in [-0.25, -0.2) is 0 Å².